The smallest absolute Gasteiger partial charge is 0.305 e. The van der Waals surface area contributed by atoms with E-state index in [0.717, 1.165) is 49.1 Å². The van der Waals surface area contributed by atoms with Gasteiger partial charge in [0.2, 0.25) is 0 Å². The zero-order valence-corrected chi connectivity index (χ0v) is 20.1. The Kier molecular flexibility index (Phi) is 8.10. The van der Waals surface area contributed by atoms with Crippen molar-refractivity contribution < 1.29 is 33.1 Å². The van der Waals surface area contributed by atoms with Crippen LogP contribution in [0.2, 0.25) is 0 Å². The van der Waals surface area contributed by atoms with Crippen LogP contribution in [-0.2, 0) is 9.59 Å². The summed E-state index contributed by atoms with van der Waals surface area (Å²) in [6.45, 7) is -0.0608. The van der Waals surface area contributed by atoms with Crippen LogP contribution in [0.1, 0.15) is 59.2 Å². The number of benzene rings is 1. The number of carboxylic acids is 1. The Balaban J connectivity index is 1.65. The molecule has 2 unspecified atom stereocenters. The number of aromatic nitrogens is 1. The first kappa shape index (κ1) is 26.2. The van der Waals surface area contributed by atoms with Crippen LogP contribution < -0.4 is 5.32 Å². The Morgan fingerprint density at radius 3 is 2.05 bits per heavy atom. The number of hydrogen-bond donors (Lipinski definition) is 2. The summed E-state index contributed by atoms with van der Waals surface area (Å²) >= 11 is 0. The monoisotopic (exact) mass is 514 g/mol. The van der Waals surface area contributed by atoms with Crippen molar-refractivity contribution >= 4 is 23.7 Å². The molecule has 3 amide bonds. The van der Waals surface area contributed by atoms with Crippen LogP contribution in [0.4, 0.5) is 8.78 Å². The van der Waals surface area contributed by atoms with Crippen molar-refractivity contribution in [3.63, 3.8) is 0 Å². The number of hydrogen-bond acceptors (Lipinski definition) is 5. The van der Waals surface area contributed by atoms with Gasteiger partial charge in [0, 0.05) is 48.7 Å². The third kappa shape index (κ3) is 6.10. The average molecular weight is 515 g/mol. The first-order chi connectivity index (χ1) is 17.7. The maximum atomic E-state index is 13.8. The number of carboxylic acid groups (broad SMARTS) is 1. The minimum atomic E-state index is -1.43. The summed E-state index contributed by atoms with van der Waals surface area (Å²) in [7, 11) is 0. The lowest BCUT2D eigenvalue weighted by atomic mass is 9.82. The molecule has 1 aromatic carbocycles. The number of carbonyl (C=O) groups excluding carboxylic acids is 3. The number of aliphatic carboxylic acids is 1. The SMILES string of the molecule is O=C(O)CC(NC(=O)C1N(C(=O)c2ccncc2)CCN1C(=O)c1cc(F)cc(F)c1)C1CCCCC1. The highest BCUT2D eigenvalue weighted by molar-refractivity contribution is 6.02. The van der Waals surface area contributed by atoms with Crippen LogP contribution in [0.25, 0.3) is 0 Å². The van der Waals surface area contributed by atoms with E-state index in [9.17, 15) is 33.1 Å². The van der Waals surface area contributed by atoms with Crippen LogP contribution in [0, 0.1) is 17.6 Å². The Hall–Kier alpha value is -3.89. The quantitative estimate of drug-likeness (QED) is 0.587. The molecule has 1 saturated heterocycles. The van der Waals surface area contributed by atoms with E-state index in [1.54, 1.807) is 0 Å². The van der Waals surface area contributed by atoms with Gasteiger partial charge < -0.3 is 20.2 Å². The highest BCUT2D eigenvalue weighted by atomic mass is 19.1. The van der Waals surface area contributed by atoms with Gasteiger partial charge in [0.05, 0.1) is 6.42 Å². The fourth-order valence-electron chi connectivity index (χ4n) is 5.16. The zero-order chi connectivity index (χ0) is 26.5. The molecule has 1 aromatic heterocycles. The molecular formula is C26H28F2N4O5. The summed E-state index contributed by atoms with van der Waals surface area (Å²) < 4.78 is 27.7. The fraction of sp³-hybridized carbons (Fsp3) is 0.423. The van der Waals surface area contributed by atoms with Gasteiger partial charge in [0.1, 0.15) is 11.6 Å². The van der Waals surface area contributed by atoms with Crippen LogP contribution >= 0.6 is 0 Å². The summed E-state index contributed by atoms with van der Waals surface area (Å²) in [5.41, 5.74) is -0.0591. The number of carbonyl (C=O) groups is 4. The van der Waals surface area contributed by atoms with Gasteiger partial charge in [-0.1, -0.05) is 19.3 Å². The number of pyridine rings is 1. The van der Waals surface area contributed by atoms with Gasteiger partial charge in [-0.3, -0.25) is 24.2 Å². The Labute approximate surface area is 212 Å². The third-order valence-corrected chi connectivity index (χ3v) is 6.91. The molecule has 4 rings (SSSR count). The first-order valence-corrected chi connectivity index (χ1v) is 12.2. The van der Waals surface area contributed by atoms with Crippen molar-refractivity contribution in [3.8, 4) is 0 Å². The van der Waals surface area contributed by atoms with E-state index in [1.165, 1.54) is 29.4 Å². The van der Waals surface area contributed by atoms with Gasteiger partial charge in [-0.2, -0.15) is 0 Å². The molecule has 2 fully saturated rings. The minimum absolute atomic E-state index is 0.00416. The second kappa shape index (κ2) is 11.4. The van der Waals surface area contributed by atoms with Crippen LogP contribution in [0.15, 0.2) is 42.7 Å². The van der Waals surface area contributed by atoms with E-state index in [2.05, 4.69) is 10.3 Å². The zero-order valence-electron chi connectivity index (χ0n) is 20.1. The molecule has 0 bridgehead atoms. The van der Waals surface area contributed by atoms with E-state index < -0.39 is 47.5 Å². The third-order valence-electron chi connectivity index (χ3n) is 6.91. The topological polar surface area (TPSA) is 120 Å². The summed E-state index contributed by atoms with van der Waals surface area (Å²) in [5, 5.41) is 12.3. The van der Waals surface area contributed by atoms with Crippen molar-refractivity contribution in [2.45, 2.75) is 50.7 Å². The molecule has 2 aromatic rings. The molecule has 1 saturated carbocycles. The number of nitrogens with zero attached hydrogens (tertiary/aromatic N) is 3. The maximum absolute atomic E-state index is 13.8. The molecule has 2 heterocycles. The van der Waals surface area contributed by atoms with E-state index in [0.29, 0.717) is 6.07 Å². The molecule has 0 spiro atoms. The summed E-state index contributed by atoms with van der Waals surface area (Å²) in [6.07, 6.45) is 5.50. The van der Waals surface area contributed by atoms with Gasteiger partial charge >= 0.3 is 5.97 Å². The van der Waals surface area contributed by atoms with E-state index in [4.69, 9.17) is 0 Å². The van der Waals surface area contributed by atoms with Crippen molar-refractivity contribution in [1.82, 2.24) is 20.1 Å². The van der Waals surface area contributed by atoms with Crippen molar-refractivity contribution in [1.29, 1.82) is 0 Å². The minimum Gasteiger partial charge on any atom is -0.481 e. The van der Waals surface area contributed by atoms with Crippen LogP contribution in [0.5, 0.6) is 0 Å². The Bertz CT molecular complexity index is 1150. The Morgan fingerprint density at radius 2 is 1.49 bits per heavy atom. The molecule has 1 aliphatic carbocycles. The van der Waals surface area contributed by atoms with E-state index in [-0.39, 0.29) is 36.6 Å². The van der Waals surface area contributed by atoms with Crippen molar-refractivity contribution in [2.75, 3.05) is 13.1 Å². The molecular weight excluding hydrogens is 486 g/mol. The van der Waals surface area contributed by atoms with Crippen molar-refractivity contribution in [2.24, 2.45) is 5.92 Å². The van der Waals surface area contributed by atoms with E-state index in [1.807, 2.05) is 0 Å². The standard InChI is InChI=1S/C26H28F2N4O5/c27-19-12-18(13-20(28)14-19)26(37)32-11-10-31(25(36)17-6-8-29-9-7-17)24(32)23(35)30-21(15-22(33)34)16-4-2-1-3-5-16/h6-9,12-14,16,21,24H,1-5,10-11,15H2,(H,30,35)(H,33,34). The molecule has 2 N–H and O–H groups in total. The lowest BCUT2D eigenvalue weighted by Crippen LogP contribution is -2.57. The van der Waals surface area contributed by atoms with Crippen molar-refractivity contribution in [3.05, 3.63) is 65.5 Å². The number of amides is 3. The highest BCUT2D eigenvalue weighted by Gasteiger charge is 2.44. The summed E-state index contributed by atoms with van der Waals surface area (Å²) in [4.78, 5) is 58.0. The summed E-state index contributed by atoms with van der Waals surface area (Å²) in [5.74, 6) is -5.11. The van der Waals surface area contributed by atoms with Gasteiger partial charge in [-0.25, -0.2) is 8.78 Å². The molecule has 2 atom stereocenters. The lowest BCUT2D eigenvalue weighted by molar-refractivity contribution is -0.138. The lowest BCUT2D eigenvalue weighted by Gasteiger charge is -2.34. The molecule has 37 heavy (non-hydrogen) atoms. The fourth-order valence-corrected chi connectivity index (χ4v) is 5.16. The van der Waals surface area contributed by atoms with Crippen LogP contribution in [-0.4, -0.2) is 68.9 Å². The first-order valence-electron chi connectivity index (χ1n) is 12.2. The molecule has 11 heteroatoms. The predicted octanol–water partition coefficient (Wildman–Crippen LogP) is 2.82. The van der Waals surface area contributed by atoms with Gasteiger partial charge in [-0.05, 0) is 43.0 Å². The van der Waals surface area contributed by atoms with Gasteiger partial charge in [-0.15, -0.1) is 0 Å². The number of nitrogens with one attached hydrogen (secondary N) is 1. The van der Waals surface area contributed by atoms with Crippen LogP contribution in [0.3, 0.4) is 0 Å². The molecule has 0 radical (unpaired) electrons. The molecule has 9 nitrogen and oxygen atoms in total. The number of halogens is 2. The predicted molar refractivity (Wildman–Crippen MR) is 127 cm³/mol. The molecule has 196 valence electrons. The summed E-state index contributed by atoms with van der Waals surface area (Å²) in [6, 6.07) is 4.61. The maximum Gasteiger partial charge on any atom is 0.305 e. The second-order valence-electron chi connectivity index (χ2n) is 9.38. The average Bonchev–Trinajstić information content (AvgIpc) is 3.33. The van der Waals surface area contributed by atoms with E-state index >= 15 is 0 Å². The van der Waals surface area contributed by atoms with Gasteiger partial charge in [0.15, 0.2) is 6.17 Å². The molecule has 2 aliphatic rings. The molecule has 1 aliphatic heterocycles. The van der Waals surface area contributed by atoms with Gasteiger partial charge in [0.25, 0.3) is 17.7 Å². The largest absolute Gasteiger partial charge is 0.481 e. The second-order valence-corrected chi connectivity index (χ2v) is 9.38. The number of rotatable bonds is 7. The Morgan fingerprint density at radius 1 is 0.919 bits per heavy atom. The normalized spacial score (nSPS) is 18.9. The highest BCUT2D eigenvalue weighted by Crippen LogP contribution is 2.29.